The number of esters is 1. The van der Waals surface area contributed by atoms with Crippen molar-refractivity contribution in [2.45, 2.75) is 20.8 Å². The number of hydrogen-bond acceptors (Lipinski definition) is 6. The summed E-state index contributed by atoms with van der Waals surface area (Å²) in [6.45, 7) is 6.21. The number of aromatic nitrogens is 1. The Labute approximate surface area is 159 Å². The molecule has 3 aromatic rings. The molecule has 0 radical (unpaired) electrons. The Morgan fingerprint density at radius 3 is 2.46 bits per heavy atom. The zero-order chi connectivity index (χ0) is 18.8. The minimum Gasteiger partial charge on any atom is -0.465 e. The summed E-state index contributed by atoms with van der Waals surface area (Å²) in [5.41, 5.74) is 5.51. The van der Waals surface area contributed by atoms with Crippen LogP contribution >= 0.6 is 22.7 Å². The van der Waals surface area contributed by atoms with Crippen molar-refractivity contribution in [2.24, 2.45) is 0 Å². The predicted octanol–water partition coefficient (Wildman–Crippen LogP) is 4.84. The fourth-order valence-electron chi connectivity index (χ4n) is 2.52. The Bertz CT molecular complexity index is 989. The third-order valence-corrected chi connectivity index (χ3v) is 5.88. The van der Waals surface area contributed by atoms with Crippen molar-refractivity contribution in [3.8, 4) is 11.3 Å². The summed E-state index contributed by atoms with van der Waals surface area (Å²) in [6.07, 6.45) is 0. The summed E-state index contributed by atoms with van der Waals surface area (Å²) >= 11 is 2.47. The highest BCUT2D eigenvalue weighted by atomic mass is 32.1. The summed E-state index contributed by atoms with van der Waals surface area (Å²) in [5.74, 6) is -0.737. The first-order chi connectivity index (χ1) is 12.4. The number of thiazole rings is 1. The molecule has 0 aliphatic rings. The Hall–Kier alpha value is -2.51. The number of hydrogen-bond donors (Lipinski definition) is 1. The molecule has 7 heteroatoms. The number of anilines is 1. The Kier molecular flexibility index (Phi) is 5.20. The van der Waals surface area contributed by atoms with Crippen molar-refractivity contribution in [3.63, 3.8) is 0 Å². The standard InChI is InChI=1S/C19H18N2O3S2/c1-10-7-12(3)13(8-11(10)2)14-9-25-19(20-14)21-17(22)15-5-6-16(26-15)18(23)24-4/h5-9H,1-4H3,(H,20,21,22). The Morgan fingerprint density at radius 2 is 1.73 bits per heavy atom. The van der Waals surface area contributed by atoms with Gasteiger partial charge >= 0.3 is 5.97 Å². The third-order valence-electron chi connectivity index (χ3n) is 4.06. The van der Waals surface area contributed by atoms with Gasteiger partial charge in [-0.05, 0) is 55.7 Å². The minimum absolute atomic E-state index is 0.289. The molecular weight excluding hydrogens is 368 g/mol. The summed E-state index contributed by atoms with van der Waals surface area (Å²) in [4.78, 5) is 29.2. The van der Waals surface area contributed by atoms with Crippen LogP contribution in [0, 0.1) is 20.8 Å². The van der Waals surface area contributed by atoms with Gasteiger partial charge in [-0.25, -0.2) is 9.78 Å². The molecule has 0 fully saturated rings. The van der Waals surface area contributed by atoms with E-state index in [1.54, 1.807) is 12.1 Å². The van der Waals surface area contributed by atoms with Crippen LogP contribution in [0.1, 0.15) is 36.0 Å². The highest BCUT2D eigenvalue weighted by Crippen LogP contribution is 2.30. The van der Waals surface area contributed by atoms with E-state index in [-0.39, 0.29) is 5.91 Å². The second-order valence-electron chi connectivity index (χ2n) is 5.90. The van der Waals surface area contributed by atoms with E-state index in [1.807, 2.05) is 5.38 Å². The van der Waals surface area contributed by atoms with E-state index in [2.05, 4.69) is 47.9 Å². The Balaban J connectivity index is 1.78. The first-order valence-corrected chi connectivity index (χ1v) is 9.62. The number of rotatable bonds is 4. The van der Waals surface area contributed by atoms with E-state index in [1.165, 1.54) is 29.6 Å². The second-order valence-corrected chi connectivity index (χ2v) is 7.84. The van der Waals surface area contributed by atoms with Crippen LogP contribution < -0.4 is 5.32 Å². The molecule has 1 N–H and O–H groups in total. The third kappa shape index (κ3) is 3.68. The van der Waals surface area contributed by atoms with Crippen molar-refractivity contribution in [2.75, 3.05) is 12.4 Å². The SMILES string of the molecule is COC(=O)c1ccc(C(=O)Nc2nc(-c3cc(C)c(C)cc3C)cs2)s1. The molecule has 2 heterocycles. The van der Waals surface area contributed by atoms with E-state index < -0.39 is 5.97 Å². The van der Waals surface area contributed by atoms with Crippen molar-refractivity contribution >= 4 is 39.7 Å². The number of aryl methyl sites for hydroxylation is 3. The number of nitrogens with zero attached hydrogens (tertiary/aromatic N) is 1. The molecule has 5 nitrogen and oxygen atoms in total. The molecule has 0 saturated carbocycles. The molecule has 0 atom stereocenters. The molecule has 1 amide bonds. The smallest absolute Gasteiger partial charge is 0.348 e. The summed E-state index contributed by atoms with van der Waals surface area (Å²) in [5, 5.41) is 5.25. The van der Waals surface area contributed by atoms with Crippen LogP contribution in [0.25, 0.3) is 11.3 Å². The van der Waals surface area contributed by atoms with E-state index >= 15 is 0 Å². The van der Waals surface area contributed by atoms with Crippen LogP contribution in [-0.2, 0) is 4.74 Å². The van der Waals surface area contributed by atoms with Crippen LogP contribution in [0.3, 0.4) is 0 Å². The quantitative estimate of drug-likeness (QED) is 0.652. The van der Waals surface area contributed by atoms with Crippen molar-refractivity contribution in [1.29, 1.82) is 0 Å². The van der Waals surface area contributed by atoms with Gasteiger partial charge in [0.05, 0.1) is 17.7 Å². The molecule has 2 aromatic heterocycles. The number of carbonyl (C=O) groups is 2. The first-order valence-electron chi connectivity index (χ1n) is 7.92. The van der Waals surface area contributed by atoms with E-state index in [0.717, 1.165) is 28.2 Å². The van der Waals surface area contributed by atoms with Gasteiger partial charge in [-0.15, -0.1) is 22.7 Å². The van der Waals surface area contributed by atoms with E-state index in [0.29, 0.717) is 14.9 Å². The number of benzene rings is 1. The number of carbonyl (C=O) groups excluding carboxylic acids is 2. The zero-order valence-corrected chi connectivity index (χ0v) is 16.5. The average Bonchev–Trinajstić information content (AvgIpc) is 3.27. The minimum atomic E-state index is -0.448. The molecule has 3 rings (SSSR count). The van der Waals surface area contributed by atoms with Crippen LogP contribution in [0.4, 0.5) is 5.13 Å². The van der Waals surface area contributed by atoms with Gasteiger partial charge in [0.1, 0.15) is 4.88 Å². The molecule has 1 aromatic carbocycles. The fourth-order valence-corrected chi connectivity index (χ4v) is 4.05. The highest BCUT2D eigenvalue weighted by molar-refractivity contribution is 7.16. The van der Waals surface area contributed by atoms with Crippen LogP contribution in [0.2, 0.25) is 0 Å². The molecule has 134 valence electrons. The van der Waals surface area contributed by atoms with Gasteiger partial charge < -0.3 is 4.74 Å². The van der Waals surface area contributed by atoms with Gasteiger partial charge in [0.15, 0.2) is 5.13 Å². The van der Waals surface area contributed by atoms with Gasteiger partial charge in [0.2, 0.25) is 0 Å². The van der Waals surface area contributed by atoms with Gasteiger partial charge in [-0.1, -0.05) is 6.07 Å². The number of amides is 1. The van der Waals surface area contributed by atoms with Crippen molar-refractivity contribution < 1.29 is 14.3 Å². The maximum absolute atomic E-state index is 12.4. The van der Waals surface area contributed by atoms with Crippen LogP contribution in [0.15, 0.2) is 29.6 Å². The number of thiophene rings is 1. The maximum atomic E-state index is 12.4. The highest BCUT2D eigenvalue weighted by Gasteiger charge is 2.16. The van der Waals surface area contributed by atoms with Gasteiger partial charge in [0.25, 0.3) is 5.91 Å². The molecular formula is C19H18N2O3S2. The lowest BCUT2D eigenvalue weighted by molar-refractivity contribution is 0.0606. The summed E-state index contributed by atoms with van der Waals surface area (Å²) in [6, 6.07) is 7.45. The fraction of sp³-hybridized carbons (Fsp3) is 0.211. The molecule has 0 bridgehead atoms. The molecule has 0 aliphatic heterocycles. The van der Waals surface area contributed by atoms with E-state index in [4.69, 9.17) is 0 Å². The predicted molar refractivity (Wildman–Crippen MR) is 105 cm³/mol. The van der Waals surface area contributed by atoms with Gasteiger partial charge in [0, 0.05) is 10.9 Å². The molecule has 0 saturated heterocycles. The number of methoxy groups -OCH3 is 1. The van der Waals surface area contributed by atoms with Crippen LogP contribution in [-0.4, -0.2) is 24.0 Å². The number of nitrogens with one attached hydrogen (secondary N) is 1. The lowest BCUT2D eigenvalue weighted by Crippen LogP contribution is -2.09. The van der Waals surface area contributed by atoms with Crippen LogP contribution in [0.5, 0.6) is 0 Å². The molecule has 26 heavy (non-hydrogen) atoms. The van der Waals surface area contributed by atoms with Crippen molar-refractivity contribution in [3.05, 3.63) is 56.1 Å². The number of ether oxygens (including phenoxy) is 1. The average molecular weight is 386 g/mol. The maximum Gasteiger partial charge on any atom is 0.348 e. The summed E-state index contributed by atoms with van der Waals surface area (Å²) in [7, 11) is 1.31. The lowest BCUT2D eigenvalue weighted by Gasteiger charge is -2.07. The van der Waals surface area contributed by atoms with Gasteiger partial charge in [-0.3, -0.25) is 10.1 Å². The molecule has 0 unspecified atom stereocenters. The van der Waals surface area contributed by atoms with E-state index in [9.17, 15) is 9.59 Å². The topological polar surface area (TPSA) is 68.3 Å². The van der Waals surface area contributed by atoms with Gasteiger partial charge in [-0.2, -0.15) is 0 Å². The molecule has 0 aliphatic carbocycles. The monoisotopic (exact) mass is 386 g/mol. The Morgan fingerprint density at radius 1 is 1.04 bits per heavy atom. The largest absolute Gasteiger partial charge is 0.465 e. The normalized spacial score (nSPS) is 10.6. The molecule has 0 spiro atoms. The summed E-state index contributed by atoms with van der Waals surface area (Å²) < 4.78 is 4.66. The zero-order valence-electron chi connectivity index (χ0n) is 14.9. The second kappa shape index (κ2) is 7.39. The van der Waals surface area contributed by atoms with Crippen molar-refractivity contribution in [1.82, 2.24) is 4.98 Å². The first kappa shape index (κ1) is 18.3. The lowest BCUT2D eigenvalue weighted by atomic mass is 9.99.